The molecule has 0 aromatic carbocycles. The van der Waals surface area contributed by atoms with Crippen LogP contribution >= 0.6 is 15.9 Å². The van der Waals surface area contributed by atoms with E-state index in [0.29, 0.717) is 5.69 Å². The topological polar surface area (TPSA) is 97.0 Å². The summed E-state index contributed by atoms with van der Waals surface area (Å²) in [5.41, 5.74) is 4.79. The fraction of sp³-hybridized carbons (Fsp3) is 0.333. The van der Waals surface area contributed by atoms with Crippen molar-refractivity contribution in [3.63, 3.8) is 0 Å². The van der Waals surface area contributed by atoms with E-state index >= 15 is 0 Å². The number of hydrogen-bond donors (Lipinski definition) is 1. The quantitative estimate of drug-likeness (QED) is 0.556. The number of carbonyl (C=O) groups excluding carboxylic acids is 1. The summed E-state index contributed by atoms with van der Waals surface area (Å²) < 4.78 is 8.03. The van der Waals surface area contributed by atoms with Gasteiger partial charge in [-0.2, -0.15) is 5.10 Å². The maximum atomic E-state index is 12.0. The first kappa shape index (κ1) is 21.8. The van der Waals surface area contributed by atoms with Gasteiger partial charge in [0, 0.05) is 54.2 Å². The smallest absolute Gasteiger partial charge is 0.409 e. The molecule has 0 atom stereocenters. The number of rotatable bonds is 7. The van der Waals surface area contributed by atoms with Crippen LogP contribution in [0.5, 0.6) is 0 Å². The molecule has 158 valence electrons. The fourth-order valence-corrected chi connectivity index (χ4v) is 3.64. The minimum atomic E-state index is -0.908. The lowest BCUT2D eigenvalue weighted by atomic mass is 9.96. The molecule has 30 heavy (non-hydrogen) atoms. The molecule has 0 aliphatic heterocycles. The Bertz CT molecular complexity index is 1090. The molecule has 8 nitrogen and oxygen atoms in total. The van der Waals surface area contributed by atoms with Crippen molar-refractivity contribution in [3.05, 3.63) is 52.0 Å². The number of aliphatic carboxylic acids is 1. The Morgan fingerprint density at radius 2 is 2.03 bits per heavy atom. The standard InChI is InChI=1S/C21H23BrN4O4/c1-4-15-5-7-18-20(13-9-14(22)11-23-10-13)16(6-8-19(27)28)17(24-26(15)18)12-30-21(29)25(2)3/h5,7,9-11H,4,6,8,12H2,1-3H3,(H,27,28). The van der Waals surface area contributed by atoms with Crippen LogP contribution in [0.1, 0.15) is 30.3 Å². The van der Waals surface area contributed by atoms with E-state index in [1.165, 1.54) is 4.90 Å². The minimum absolute atomic E-state index is 0.0579. The van der Waals surface area contributed by atoms with Crippen LogP contribution in [0.4, 0.5) is 4.79 Å². The second-order valence-corrected chi connectivity index (χ2v) is 7.93. The van der Waals surface area contributed by atoms with Gasteiger partial charge < -0.3 is 14.7 Å². The van der Waals surface area contributed by atoms with E-state index < -0.39 is 12.1 Å². The number of pyridine rings is 1. The predicted octanol–water partition coefficient (Wildman–Crippen LogP) is 3.94. The van der Waals surface area contributed by atoms with Crippen molar-refractivity contribution >= 4 is 33.5 Å². The molecular weight excluding hydrogens is 452 g/mol. The lowest BCUT2D eigenvalue weighted by Gasteiger charge is -2.18. The minimum Gasteiger partial charge on any atom is -0.481 e. The number of aromatic nitrogens is 3. The van der Waals surface area contributed by atoms with Crippen molar-refractivity contribution in [2.45, 2.75) is 32.8 Å². The second kappa shape index (κ2) is 9.25. The fourth-order valence-electron chi connectivity index (χ4n) is 3.27. The maximum absolute atomic E-state index is 12.0. The summed E-state index contributed by atoms with van der Waals surface area (Å²) in [6.07, 6.45) is 3.88. The number of fused-ring (bicyclic) bond motifs is 1. The Morgan fingerprint density at radius 3 is 2.67 bits per heavy atom. The van der Waals surface area contributed by atoms with Crippen molar-refractivity contribution in [1.82, 2.24) is 19.5 Å². The summed E-state index contributed by atoms with van der Waals surface area (Å²) >= 11 is 3.46. The van der Waals surface area contributed by atoms with Gasteiger partial charge in [-0.25, -0.2) is 9.31 Å². The van der Waals surface area contributed by atoms with Crippen LogP contribution in [0.15, 0.2) is 35.1 Å². The Kier molecular flexibility index (Phi) is 6.71. The van der Waals surface area contributed by atoms with Crippen molar-refractivity contribution in [2.24, 2.45) is 0 Å². The molecule has 0 unspecified atom stereocenters. The highest BCUT2D eigenvalue weighted by atomic mass is 79.9. The molecule has 0 saturated heterocycles. The molecule has 1 N–H and O–H groups in total. The SMILES string of the molecule is CCc1ccc2c(-c3cncc(Br)c3)c(CCC(=O)O)c(COC(=O)N(C)C)nn12. The molecule has 0 aliphatic carbocycles. The zero-order chi connectivity index (χ0) is 21.8. The number of carboxylic acids is 1. The van der Waals surface area contributed by atoms with Gasteiger partial charge in [0.05, 0.1) is 5.52 Å². The number of amides is 1. The van der Waals surface area contributed by atoms with Crippen molar-refractivity contribution in [3.8, 4) is 11.1 Å². The van der Waals surface area contributed by atoms with Gasteiger partial charge in [0.15, 0.2) is 0 Å². The highest BCUT2D eigenvalue weighted by Gasteiger charge is 2.21. The summed E-state index contributed by atoms with van der Waals surface area (Å²) in [6.45, 7) is 1.98. The molecule has 3 aromatic rings. The Morgan fingerprint density at radius 1 is 1.27 bits per heavy atom. The zero-order valence-corrected chi connectivity index (χ0v) is 18.6. The number of carboxylic acid groups (broad SMARTS) is 1. The van der Waals surface area contributed by atoms with Gasteiger partial charge >= 0.3 is 12.1 Å². The van der Waals surface area contributed by atoms with E-state index in [1.54, 1.807) is 26.5 Å². The van der Waals surface area contributed by atoms with Crippen LogP contribution in [-0.4, -0.2) is 50.8 Å². The van der Waals surface area contributed by atoms with Gasteiger partial charge in [-0.1, -0.05) is 6.92 Å². The highest BCUT2D eigenvalue weighted by molar-refractivity contribution is 9.10. The second-order valence-electron chi connectivity index (χ2n) is 7.01. The van der Waals surface area contributed by atoms with Gasteiger partial charge in [-0.05, 0) is 52.5 Å². The first-order valence-corrected chi connectivity index (χ1v) is 10.3. The molecule has 0 spiro atoms. The van der Waals surface area contributed by atoms with Gasteiger partial charge in [0.2, 0.25) is 0 Å². The molecular formula is C21H23BrN4O4. The van der Waals surface area contributed by atoms with Crippen LogP contribution < -0.4 is 0 Å². The zero-order valence-electron chi connectivity index (χ0n) is 17.1. The van der Waals surface area contributed by atoms with E-state index in [4.69, 9.17) is 9.84 Å². The highest BCUT2D eigenvalue weighted by Crippen LogP contribution is 2.33. The molecule has 1 amide bonds. The summed E-state index contributed by atoms with van der Waals surface area (Å²) in [5.74, 6) is -0.908. The summed E-state index contributed by atoms with van der Waals surface area (Å²) in [7, 11) is 3.20. The molecule has 0 aliphatic rings. The molecule has 0 radical (unpaired) electrons. The van der Waals surface area contributed by atoms with Crippen molar-refractivity contribution in [2.75, 3.05) is 14.1 Å². The first-order valence-electron chi connectivity index (χ1n) is 9.51. The lowest BCUT2D eigenvalue weighted by molar-refractivity contribution is -0.136. The molecule has 0 bridgehead atoms. The molecule has 0 fully saturated rings. The number of halogens is 1. The third-order valence-corrected chi connectivity index (χ3v) is 5.14. The third kappa shape index (κ3) is 4.62. The van der Waals surface area contributed by atoms with Gasteiger partial charge in [-0.15, -0.1) is 0 Å². The molecule has 3 heterocycles. The molecule has 0 saturated carbocycles. The maximum Gasteiger partial charge on any atom is 0.409 e. The van der Waals surface area contributed by atoms with E-state index in [2.05, 4.69) is 20.9 Å². The van der Waals surface area contributed by atoms with Crippen molar-refractivity contribution < 1.29 is 19.4 Å². The monoisotopic (exact) mass is 474 g/mol. The summed E-state index contributed by atoms with van der Waals surface area (Å²) in [5, 5.41) is 14.0. The van der Waals surface area contributed by atoms with Crippen LogP contribution in [0.2, 0.25) is 0 Å². The Hall–Kier alpha value is -2.94. The Balaban J connectivity index is 2.24. The van der Waals surface area contributed by atoms with E-state index in [0.717, 1.165) is 38.8 Å². The first-order chi connectivity index (χ1) is 14.3. The summed E-state index contributed by atoms with van der Waals surface area (Å²) in [6, 6.07) is 5.90. The molecule has 9 heteroatoms. The third-order valence-electron chi connectivity index (χ3n) is 4.70. The van der Waals surface area contributed by atoms with Crippen LogP contribution in [0.3, 0.4) is 0 Å². The lowest BCUT2D eigenvalue weighted by Crippen LogP contribution is -2.23. The van der Waals surface area contributed by atoms with Crippen LogP contribution in [-0.2, 0) is 29.0 Å². The van der Waals surface area contributed by atoms with E-state index in [1.807, 2.05) is 29.6 Å². The predicted molar refractivity (Wildman–Crippen MR) is 115 cm³/mol. The normalized spacial score (nSPS) is 10.9. The Labute approximate surface area is 182 Å². The van der Waals surface area contributed by atoms with Gasteiger partial charge in [-0.3, -0.25) is 9.78 Å². The van der Waals surface area contributed by atoms with Crippen molar-refractivity contribution in [1.29, 1.82) is 0 Å². The molecule has 3 rings (SSSR count). The average molecular weight is 475 g/mol. The van der Waals surface area contributed by atoms with E-state index in [-0.39, 0.29) is 19.4 Å². The number of hydrogen-bond acceptors (Lipinski definition) is 5. The van der Waals surface area contributed by atoms with Gasteiger partial charge in [0.25, 0.3) is 0 Å². The average Bonchev–Trinajstić information content (AvgIpc) is 3.11. The largest absolute Gasteiger partial charge is 0.481 e. The van der Waals surface area contributed by atoms with E-state index in [9.17, 15) is 14.7 Å². The number of aryl methyl sites for hydroxylation is 1. The number of carbonyl (C=O) groups is 2. The van der Waals surface area contributed by atoms with Crippen LogP contribution in [0, 0.1) is 0 Å². The van der Waals surface area contributed by atoms with Gasteiger partial charge in [0.1, 0.15) is 12.3 Å². The number of ether oxygens (including phenoxy) is 1. The van der Waals surface area contributed by atoms with Crippen LogP contribution in [0.25, 0.3) is 16.6 Å². The summed E-state index contributed by atoms with van der Waals surface area (Å²) in [4.78, 5) is 28.9. The number of nitrogens with zero attached hydrogens (tertiary/aromatic N) is 4. The molecule has 3 aromatic heterocycles.